The van der Waals surface area contributed by atoms with Crippen molar-refractivity contribution in [3.05, 3.63) is 16.5 Å². The molecule has 0 saturated carbocycles. The van der Waals surface area contributed by atoms with Gasteiger partial charge in [-0.05, 0) is 48.8 Å². The summed E-state index contributed by atoms with van der Waals surface area (Å²) in [5.41, 5.74) is 0. The Kier molecular flexibility index (Phi) is 5.38. The van der Waals surface area contributed by atoms with E-state index in [0.717, 1.165) is 35.3 Å². The second kappa shape index (κ2) is 6.85. The van der Waals surface area contributed by atoms with E-state index in [1.54, 1.807) is 0 Å². The third-order valence-corrected chi connectivity index (χ3v) is 4.18. The van der Waals surface area contributed by atoms with Gasteiger partial charge in [-0.1, -0.05) is 13.8 Å². The minimum Gasteiger partial charge on any atom is -0.356 e. The Morgan fingerprint density at radius 2 is 1.95 bits per heavy atom. The van der Waals surface area contributed by atoms with Crippen molar-refractivity contribution in [2.24, 2.45) is 5.92 Å². The smallest absolute Gasteiger partial charge is 0.134 e. The third-order valence-electron chi connectivity index (χ3n) is 3.78. The van der Waals surface area contributed by atoms with Crippen LogP contribution >= 0.6 is 15.9 Å². The lowest BCUT2D eigenvalue weighted by molar-refractivity contribution is 0.284. The van der Waals surface area contributed by atoms with Crippen molar-refractivity contribution in [3.8, 4) is 0 Å². The van der Waals surface area contributed by atoms with Gasteiger partial charge >= 0.3 is 0 Å². The highest BCUT2D eigenvalue weighted by atomic mass is 79.9. The summed E-state index contributed by atoms with van der Waals surface area (Å²) in [6.07, 6.45) is 2.49. The van der Waals surface area contributed by atoms with Crippen molar-refractivity contribution in [3.63, 3.8) is 0 Å². The average molecular weight is 341 g/mol. The van der Waals surface area contributed by atoms with E-state index in [0.29, 0.717) is 5.92 Å². The molecule has 1 fully saturated rings. The van der Waals surface area contributed by atoms with E-state index in [4.69, 9.17) is 4.98 Å². The topological polar surface area (TPSA) is 32.3 Å². The molecule has 4 nitrogen and oxygen atoms in total. The molecule has 20 heavy (non-hydrogen) atoms. The molecule has 2 heterocycles. The van der Waals surface area contributed by atoms with Gasteiger partial charge in [0.15, 0.2) is 0 Å². The minimum absolute atomic E-state index is 0.359. The van der Waals surface area contributed by atoms with E-state index < -0.39 is 0 Å². The van der Waals surface area contributed by atoms with Crippen molar-refractivity contribution in [1.82, 2.24) is 14.9 Å². The van der Waals surface area contributed by atoms with Crippen LogP contribution in [0.5, 0.6) is 0 Å². The number of hydrogen-bond acceptors (Lipinski definition) is 4. The largest absolute Gasteiger partial charge is 0.356 e. The van der Waals surface area contributed by atoms with Crippen LogP contribution in [0.25, 0.3) is 0 Å². The van der Waals surface area contributed by atoms with E-state index in [2.05, 4.69) is 58.7 Å². The predicted molar refractivity (Wildman–Crippen MR) is 87.3 cm³/mol. The summed E-state index contributed by atoms with van der Waals surface area (Å²) in [6, 6.07) is 2.04. The summed E-state index contributed by atoms with van der Waals surface area (Å²) in [5, 5.41) is 0. The van der Waals surface area contributed by atoms with Crippen LogP contribution in [0.2, 0.25) is 0 Å². The summed E-state index contributed by atoms with van der Waals surface area (Å²) in [4.78, 5) is 13.9. The van der Waals surface area contributed by atoms with Gasteiger partial charge in [0.05, 0.1) is 0 Å². The third kappa shape index (κ3) is 4.16. The number of nitrogens with zero attached hydrogens (tertiary/aromatic N) is 4. The molecular formula is C15H25BrN4. The lowest BCUT2D eigenvalue weighted by atomic mass is 9.96. The van der Waals surface area contributed by atoms with Crippen LogP contribution < -0.4 is 4.90 Å². The first-order valence-electron chi connectivity index (χ1n) is 7.40. The fourth-order valence-electron chi connectivity index (χ4n) is 2.70. The fourth-order valence-corrected chi connectivity index (χ4v) is 3.09. The number of anilines is 1. The Hall–Kier alpha value is -0.680. The van der Waals surface area contributed by atoms with Crippen molar-refractivity contribution < 1.29 is 0 Å². The molecule has 5 heteroatoms. The lowest BCUT2D eigenvalue weighted by Gasteiger charge is -2.34. The molecule has 1 aromatic rings. The van der Waals surface area contributed by atoms with Gasteiger partial charge in [-0.25, -0.2) is 9.97 Å². The van der Waals surface area contributed by atoms with Crippen LogP contribution in [0.1, 0.15) is 38.4 Å². The van der Waals surface area contributed by atoms with Gasteiger partial charge in [0, 0.05) is 31.6 Å². The number of aromatic nitrogens is 2. The zero-order chi connectivity index (χ0) is 14.7. The number of halogens is 1. The first kappa shape index (κ1) is 15.7. The molecular weight excluding hydrogens is 316 g/mol. The second-order valence-electron chi connectivity index (χ2n) is 6.25. The quantitative estimate of drug-likeness (QED) is 0.788. The highest BCUT2D eigenvalue weighted by Crippen LogP contribution is 2.25. The summed E-state index contributed by atoms with van der Waals surface area (Å²) >= 11 is 3.51. The van der Waals surface area contributed by atoms with Gasteiger partial charge in [0.2, 0.25) is 0 Å². The molecule has 0 N–H and O–H groups in total. The molecule has 0 amide bonds. The number of piperidine rings is 1. The molecule has 0 spiro atoms. The zero-order valence-corrected chi connectivity index (χ0v) is 14.5. The van der Waals surface area contributed by atoms with Crippen molar-refractivity contribution in [1.29, 1.82) is 0 Å². The van der Waals surface area contributed by atoms with Gasteiger partial charge in [0.1, 0.15) is 16.2 Å². The van der Waals surface area contributed by atoms with Gasteiger partial charge in [-0.3, -0.25) is 0 Å². The SMILES string of the molecule is CC(C)c1nc(Br)cc(N2CCC(CN(C)C)CC2)n1. The van der Waals surface area contributed by atoms with Gasteiger partial charge in [0.25, 0.3) is 0 Å². The summed E-state index contributed by atoms with van der Waals surface area (Å²) < 4.78 is 0.890. The highest BCUT2D eigenvalue weighted by Gasteiger charge is 2.21. The van der Waals surface area contributed by atoms with Crippen LogP contribution in [0.4, 0.5) is 5.82 Å². The Balaban J connectivity index is 2.03. The molecule has 1 saturated heterocycles. The minimum atomic E-state index is 0.359. The van der Waals surface area contributed by atoms with Gasteiger partial charge in [-0.2, -0.15) is 0 Å². The Morgan fingerprint density at radius 3 is 2.50 bits per heavy atom. The maximum absolute atomic E-state index is 4.72. The first-order chi connectivity index (χ1) is 9.45. The maximum Gasteiger partial charge on any atom is 0.134 e. The molecule has 0 atom stereocenters. The fraction of sp³-hybridized carbons (Fsp3) is 0.733. The summed E-state index contributed by atoms with van der Waals surface area (Å²) in [7, 11) is 4.31. The van der Waals surface area contributed by atoms with E-state index in [9.17, 15) is 0 Å². The molecule has 0 aromatic carbocycles. The molecule has 1 aliphatic heterocycles. The van der Waals surface area contributed by atoms with E-state index >= 15 is 0 Å². The number of rotatable bonds is 4. The van der Waals surface area contributed by atoms with E-state index in [1.165, 1.54) is 19.4 Å². The standard InChI is InChI=1S/C15H25BrN4/c1-11(2)15-17-13(16)9-14(18-15)20-7-5-12(6-8-20)10-19(3)4/h9,11-12H,5-8,10H2,1-4H3. The summed E-state index contributed by atoms with van der Waals surface area (Å²) in [6.45, 7) is 7.65. The van der Waals surface area contributed by atoms with Crippen LogP contribution in [-0.4, -0.2) is 48.6 Å². The molecule has 0 radical (unpaired) electrons. The average Bonchev–Trinajstić information content (AvgIpc) is 2.38. The molecule has 112 valence electrons. The second-order valence-corrected chi connectivity index (χ2v) is 7.07. The molecule has 0 aliphatic carbocycles. The molecule has 0 unspecified atom stereocenters. The van der Waals surface area contributed by atoms with Crippen molar-refractivity contribution >= 4 is 21.7 Å². The van der Waals surface area contributed by atoms with Gasteiger partial charge < -0.3 is 9.80 Å². The normalized spacial score (nSPS) is 17.2. The van der Waals surface area contributed by atoms with Crippen LogP contribution in [0.3, 0.4) is 0 Å². The summed E-state index contributed by atoms with van der Waals surface area (Å²) in [5.74, 6) is 3.16. The zero-order valence-electron chi connectivity index (χ0n) is 12.9. The molecule has 2 rings (SSSR count). The van der Waals surface area contributed by atoms with Crippen LogP contribution in [0.15, 0.2) is 10.7 Å². The molecule has 0 bridgehead atoms. The van der Waals surface area contributed by atoms with E-state index in [1.807, 2.05) is 6.07 Å². The first-order valence-corrected chi connectivity index (χ1v) is 8.19. The Morgan fingerprint density at radius 1 is 1.30 bits per heavy atom. The predicted octanol–water partition coefficient (Wildman–Crippen LogP) is 3.14. The van der Waals surface area contributed by atoms with Crippen LogP contribution in [-0.2, 0) is 0 Å². The molecule has 1 aliphatic rings. The van der Waals surface area contributed by atoms with Crippen molar-refractivity contribution in [2.75, 3.05) is 38.6 Å². The Bertz CT molecular complexity index is 439. The highest BCUT2D eigenvalue weighted by molar-refractivity contribution is 9.10. The van der Waals surface area contributed by atoms with E-state index in [-0.39, 0.29) is 0 Å². The van der Waals surface area contributed by atoms with Crippen LogP contribution in [0, 0.1) is 5.92 Å². The number of hydrogen-bond donors (Lipinski definition) is 0. The Labute approximate surface area is 130 Å². The van der Waals surface area contributed by atoms with Gasteiger partial charge in [-0.15, -0.1) is 0 Å². The maximum atomic E-state index is 4.72. The lowest BCUT2D eigenvalue weighted by Crippen LogP contribution is -2.37. The monoisotopic (exact) mass is 340 g/mol. The molecule has 1 aromatic heterocycles. The van der Waals surface area contributed by atoms with Crippen molar-refractivity contribution in [2.45, 2.75) is 32.6 Å².